The lowest BCUT2D eigenvalue weighted by Gasteiger charge is -2.18. The Kier molecular flexibility index (Phi) is 4.69. The number of carbonyl (C=O) groups is 1. The normalized spacial score (nSPS) is 11.5. The Bertz CT molecular complexity index is 612. The minimum atomic E-state index is -3.84. The maximum atomic E-state index is 12.3. The number of sulfonamides is 1. The zero-order valence-electron chi connectivity index (χ0n) is 10.6. The SMILES string of the molecule is CCN(CCC#N)S(=O)(=O)c1cc(C(=O)O)oc1C. The number of nitrogens with zero attached hydrogens (tertiary/aromatic N) is 2. The third kappa shape index (κ3) is 3.13. The smallest absolute Gasteiger partial charge is 0.371 e. The number of furan rings is 1. The molecule has 0 amide bonds. The van der Waals surface area contributed by atoms with Crippen LogP contribution in [0.15, 0.2) is 15.4 Å². The van der Waals surface area contributed by atoms with E-state index in [0.717, 1.165) is 10.4 Å². The van der Waals surface area contributed by atoms with Crippen molar-refractivity contribution in [2.45, 2.75) is 25.2 Å². The fourth-order valence-electron chi connectivity index (χ4n) is 1.59. The number of carboxylic acids is 1. The van der Waals surface area contributed by atoms with Crippen LogP contribution < -0.4 is 0 Å². The van der Waals surface area contributed by atoms with Crippen LogP contribution in [0.2, 0.25) is 0 Å². The molecule has 8 heteroatoms. The summed E-state index contributed by atoms with van der Waals surface area (Å²) in [5, 5.41) is 17.3. The van der Waals surface area contributed by atoms with Crippen LogP contribution in [0.25, 0.3) is 0 Å². The molecule has 7 nitrogen and oxygen atoms in total. The summed E-state index contributed by atoms with van der Waals surface area (Å²) < 4.78 is 30.6. The van der Waals surface area contributed by atoms with E-state index in [-0.39, 0.29) is 30.2 Å². The van der Waals surface area contributed by atoms with E-state index in [0.29, 0.717) is 0 Å². The standard InChI is InChI=1S/C11H14N2O5S/c1-3-13(6-4-5-12)19(16,17)10-7-9(11(14)15)18-8(10)2/h7H,3-4,6H2,1-2H3,(H,14,15). The number of aromatic carboxylic acids is 1. The van der Waals surface area contributed by atoms with Gasteiger partial charge in [-0.15, -0.1) is 0 Å². The predicted molar refractivity (Wildman–Crippen MR) is 65.1 cm³/mol. The molecule has 1 N–H and O–H groups in total. The minimum Gasteiger partial charge on any atom is -0.475 e. The van der Waals surface area contributed by atoms with E-state index in [1.165, 1.54) is 6.92 Å². The van der Waals surface area contributed by atoms with E-state index in [4.69, 9.17) is 14.8 Å². The van der Waals surface area contributed by atoms with Gasteiger partial charge in [-0.1, -0.05) is 6.92 Å². The van der Waals surface area contributed by atoms with Gasteiger partial charge in [-0.2, -0.15) is 9.57 Å². The second kappa shape index (κ2) is 5.86. The number of hydrogen-bond acceptors (Lipinski definition) is 5. The molecule has 1 aromatic rings. The highest BCUT2D eigenvalue weighted by atomic mass is 32.2. The fraction of sp³-hybridized carbons (Fsp3) is 0.455. The van der Waals surface area contributed by atoms with Gasteiger partial charge in [0.05, 0.1) is 6.07 Å². The molecule has 0 atom stereocenters. The third-order valence-corrected chi connectivity index (χ3v) is 4.61. The van der Waals surface area contributed by atoms with Crippen molar-refractivity contribution in [1.29, 1.82) is 5.26 Å². The van der Waals surface area contributed by atoms with E-state index < -0.39 is 21.8 Å². The van der Waals surface area contributed by atoms with Crippen molar-refractivity contribution in [3.05, 3.63) is 17.6 Å². The minimum absolute atomic E-state index is 0.0211. The lowest BCUT2D eigenvalue weighted by Crippen LogP contribution is -2.31. The van der Waals surface area contributed by atoms with Crippen molar-refractivity contribution < 1.29 is 22.7 Å². The first kappa shape index (κ1) is 15.2. The molecule has 1 aromatic heterocycles. The number of hydrogen-bond donors (Lipinski definition) is 1. The molecule has 1 rings (SSSR count). The topological polar surface area (TPSA) is 112 Å². The molecule has 0 unspecified atom stereocenters. The van der Waals surface area contributed by atoms with Gasteiger partial charge in [0.15, 0.2) is 0 Å². The molecular formula is C11H14N2O5S. The third-order valence-electron chi connectivity index (χ3n) is 2.53. The fourth-order valence-corrected chi connectivity index (χ4v) is 3.20. The highest BCUT2D eigenvalue weighted by Gasteiger charge is 2.28. The highest BCUT2D eigenvalue weighted by Crippen LogP contribution is 2.23. The molecule has 0 aliphatic heterocycles. The maximum absolute atomic E-state index is 12.3. The first-order valence-corrected chi connectivity index (χ1v) is 6.99. The van der Waals surface area contributed by atoms with Gasteiger partial charge >= 0.3 is 5.97 Å². The molecule has 0 fully saturated rings. The van der Waals surface area contributed by atoms with Gasteiger partial charge in [-0.25, -0.2) is 13.2 Å². The Morgan fingerprint density at radius 3 is 2.63 bits per heavy atom. The summed E-state index contributed by atoms with van der Waals surface area (Å²) in [5.74, 6) is -1.73. The van der Waals surface area contributed by atoms with Gasteiger partial charge in [-0.05, 0) is 6.92 Å². The zero-order chi connectivity index (χ0) is 14.6. The molecule has 1 heterocycles. The average Bonchev–Trinajstić information content (AvgIpc) is 2.73. The first-order chi connectivity index (χ1) is 8.84. The molecule has 0 bridgehead atoms. The second-order valence-electron chi connectivity index (χ2n) is 3.74. The van der Waals surface area contributed by atoms with Gasteiger partial charge in [0, 0.05) is 25.6 Å². The lowest BCUT2D eigenvalue weighted by atomic mass is 10.4. The van der Waals surface area contributed by atoms with Crippen molar-refractivity contribution in [3.63, 3.8) is 0 Å². The number of aryl methyl sites for hydroxylation is 1. The Morgan fingerprint density at radius 2 is 2.21 bits per heavy atom. The van der Waals surface area contributed by atoms with Crippen LogP contribution in [-0.2, 0) is 10.0 Å². The van der Waals surface area contributed by atoms with Crippen molar-refractivity contribution in [2.24, 2.45) is 0 Å². The predicted octanol–water partition coefficient (Wildman–Crippen LogP) is 1.21. The molecule has 0 aliphatic carbocycles. The molecular weight excluding hydrogens is 272 g/mol. The summed E-state index contributed by atoms with van der Waals surface area (Å²) in [7, 11) is -3.84. The van der Waals surface area contributed by atoms with Crippen molar-refractivity contribution in [1.82, 2.24) is 4.31 Å². The molecule has 0 aliphatic rings. The molecule has 0 aromatic carbocycles. The van der Waals surface area contributed by atoms with Crippen LogP contribution in [0.5, 0.6) is 0 Å². The van der Waals surface area contributed by atoms with Crippen LogP contribution >= 0.6 is 0 Å². The summed E-state index contributed by atoms with van der Waals surface area (Å²) in [4.78, 5) is 10.6. The molecule has 0 spiro atoms. The van der Waals surface area contributed by atoms with Crippen LogP contribution in [-0.4, -0.2) is 36.9 Å². The van der Waals surface area contributed by atoms with E-state index in [2.05, 4.69) is 0 Å². The van der Waals surface area contributed by atoms with Gasteiger partial charge in [-0.3, -0.25) is 0 Å². The Labute approximate surface area is 111 Å². The van der Waals surface area contributed by atoms with E-state index >= 15 is 0 Å². The van der Waals surface area contributed by atoms with Crippen LogP contribution in [0.1, 0.15) is 29.7 Å². The van der Waals surface area contributed by atoms with E-state index in [1.54, 1.807) is 6.92 Å². The lowest BCUT2D eigenvalue weighted by molar-refractivity contribution is 0.0661. The van der Waals surface area contributed by atoms with Crippen molar-refractivity contribution in [2.75, 3.05) is 13.1 Å². The molecule has 0 radical (unpaired) electrons. The summed E-state index contributed by atoms with van der Waals surface area (Å²) >= 11 is 0. The van der Waals surface area contributed by atoms with E-state index in [9.17, 15) is 13.2 Å². The molecule has 19 heavy (non-hydrogen) atoms. The second-order valence-corrected chi connectivity index (χ2v) is 5.65. The largest absolute Gasteiger partial charge is 0.475 e. The van der Waals surface area contributed by atoms with Crippen molar-refractivity contribution >= 4 is 16.0 Å². The van der Waals surface area contributed by atoms with E-state index in [1.807, 2.05) is 6.07 Å². The van der Waals surface area contributed by atoms with Crippen LogP contribution in [0.3, 0.4) is 0 Å². The molecule has 0 saturated carbocycles. The van der Waals surface area contributed by atoms with Crippen LogP contribution in [0.4, 0.5) is 0 Å². The number of carboxylic acid groups (broad SMARTS) is 1. The monoisotopic (exact) mass is 286 g/mol. The summed E-state index contributed by atoms with van der Waals surface area (Å²) in [6, 6.07) is 2.86. The quantitative estimate of drug-likeness (QED) is 0.841. The van der Waals surface area contributed by atoms with Crippen LogP contribution in [0, 0.1) is 18.3 Å². The summed E-state index contributed by atoms with van der Waals surface area (Å²) in [6.45, 7) is 3.28. The average molecular weight is 286 g/mol. The Balaban J connectivity index is 3.19. The maximum Gasteiger partial charge on any atom is 0.371 e. The Morgan fingerprint density at radius 1 is 1.58 bits per heavy atom. The zero-order valence-corrected chi connectivity index (χ0v) is 11.4. The highest BCUT2D eigenvalue weighted by molar-refractivity contribution is 7.89. The number of nitriles is 1. The van der Waals surface area contributed by atoms with Gasteiger partial charge in [0.1, 0.15) is 10.7 Å². The van der Waals surface area contributed by atoms with Gasteiger partial charge in [0.2, 0.25) is 15.8 Å². The summed E-state index contributed by atoms with van der Waals surface area (Å²) in [5.41, 5.74) is 0. The first-order valence-electron chi connectivity index (χ1n) is 5.55. The summed E-state index contributed by atoms with van der Waals surface area (Å²) in [6.07, 6.45) is 0.0652. The molecule has 104 valence electrons. The van der Waals surface area contributed by atoms with Gasteiger partial charge in [0.25, 0.3) is 0 Å². The molecule has 0 saturated heterocycles. The number of rotatable bonds is 6. The Hall–Kier alpha value is -1.85. The van der Waals surface area contributed by atoms with Gasteiger partial charge < -0.3 is 9.52 Å². The van der Waals surface area contributed by atoms with Crippen molar-refractivity contribution in [3.8, 4) is 6.07 Å².